The number of carbonyl (C=O) groups is 1. The second-order valence-electron chi connectivity index (χ2n) is 3.72. The monoisotopic (exact) mass is 184 g/mol. The molecule has 0 aromatic carbocycles. The first-order chi connectivity index (χ1) is 5.43. The normalized spacial score (nSPS) is 11.6. The first kappa shape index (κ1) is 9.06. The average molecular weight is 184 g/mol. The summed E-state index contributed by atoms with van der Waals surface area (Å²) in [5.41, 5.74) is 0. The van der Waals surface area contributed by atoms with Crippen molar-refractivity contribution in [1.29, 1.82) is 0 Å². The molecule has 1 rings (SSSR count). The van der Waals surface area contributed by atoms with Gasteiger partial charge >= 0.3 is 5.97 Å². The molecule has 12 heavy (non-hydrogen) atoms. The van der Waals surface area contributed by atoms with Crippen molar-refractivity contribution in [3.63, 3.8) is 0 Å². The number of rotatable bonds is 2. The maximum atomic E-state index is 10.7. The van der Waals surface area contributed by atoms with Gasteiger partial charge in [-0.1, -0.05) is 19.6 Å². The van der Waals surface area contributed by atoms with Crippen LogP contribution in [0.3, 0.4) is 0 Å². The molecule has 1 aromatic heterocycles. The van der Waals surface area contributed by atoms with Crippen LogP contribution in [0.1, 0.15) is 10.6 Å². The molecule has 0 saturated carbocycles. The molecule has 0 aliphatic heterocycles. The summed E-state index contributed by atoms with van der Waals surface area (Å²) >= 11 is 0. The van der Waals surface area contributed by atoms with E-state index in [1.807, 2.05) is 0 Å². The Labute approximate surface area is 72.0 Å². The summed E-state index contributed by atoms with van der Waals surface area (Å²) in [6.45, 7) is 6.26. The lowest BCUT2D eigenvalue weighted by Crippen LogP contribution is -2.39. The van der Waals surface area contributed by atoms with Gasteiger partial charge in [0.05, 0.1) is 14.3 Å². The zero-order valence-corrected chi connectivity index (χ0v) is 8.42. The van der Waals surface area contributed by atoms with E-state index in [0.29, 0.717) is 0 Å². The van der Waals surface area contributed by atoms with Crippen LogP contribution >= 0.6 is 0 Å². The fraction of sp³-hybridized carbons (Fsp3) is 0.375. The van der Waals surface area contributed by atoms with Gasteiger partial charge in [0.25, 0.3) is 0 Å². The lowest BCUT2D eigenvalue weighted by Gasteiger charge is -2.13. The van der Waals surface area contributed by atoms with Crippen LogP contribution in [0.15, 0.2) is 16.7 Å². The zero-order chi connectivity index (χ0) is 9.35. The summed E-state index contributed by atoms with van der Waals surface area (Å²) in [5.74, 6) is -0.869. The van der Waals surface area contributed by atoms with E-state index in [2.05, 4.69) is 19.6 Å². The van der Waals surface area contributed by atoms with Crippen molar-refractivity contribution in [2.45, 2.75) is 19.6 Å². The summed E-state index contributed by atoms with van der Waals surface area (Å²) in [7, 11) is -1.56. The Bertz CT molecular complexity index is 295. The molecule has 66 valence electrons. The highest BCUT2D eigenvalue weighted by molar-refractivity contribution is 6.89. The third kappa shape index (κ3) is 1.58. The Balaban J connectivity index is 3.17. The van der Waals surface area contributed by atoms with E-state index in [1.54, 1.807) is 6.07 Å². The second kappa shape index (κ2) is 2.78. The van der Waals surface area contributed by atoms with Crippen LogP contribution in [0.4, 0.5) is 0 Å². The Morgan fingerprint density at radius 3 is 2.42 bits per heavy atom. The summed E-state index contributed by atoms with van der Waals surface area (Å²) in [5, 5.41) is 9.62. The molecular formula is C8H12O3Si. The summed E-state index contributed by atoms with van der Waals surface area (Å²) < 4.78 is 4.89. The predicted octanol–water partition coefficient (Wildman–Crippen LogP) is 1.52. The van der Waals surface area contributed by atoms with Crippen LogP contribution in [-0.2, 0) is 0 Å². The Hall–Kier alpha value is -1.03. The molecule has 0 amide bonds. The average Bonchev–Trinajstić information content (AvgIpc) is 2.30. The van der Waals surface area contributed by atoms with Gasteiger partial charge in [0.1, 0.15) is 0 Å². The minimum absolute atomic E-state index is 0.106. The molecule has 3 nitrogen and oxygen atoms in total. The lowest BCUT2D eigenvalue weighted by atomic mass is 10.4. The second-order valence-corrected chi connectivity index (χ2v) is 8.76. The molecule has 0 aliphatic carbocycles. The maximum Gasteiger partial charge on any atom is 0.371 e. The van der Waals surface area contributed by atoms with E-state index in [9.17, 15) is 4.79 Å². The smallest absolute Gasteiger partial charge is 0.371 e. The third-order valence-electron chi connectivity index (χ3n) is 1.67. The van der Waals surface area contributed by atoms with Gasteiger partial charge in [0, 0.05) is 0 Å². The molecule has 1 aromatic rings. The predicted molar refractivity (Wildman–Crippen MR) is 48.6 cm³/mol. The van der Waals surface area contributed by atoms with Crippen molar-refractivity contribution in [2.75, 3.05) is 0 Å². The Morgan fingerprint density at radius 2 is 2.08 bits per heavy atom. The first-order valence-corrected chi connectivity index (χ1v) is 7.24. The quantitative estimate of drug-likeness (QED) is 0.709. The van der Waals surface area contributed by atoms with Gasteiger partial charge < -0.3 is 9.52 Å². The van der Waals surface area contributed by atoms with E-state index >= 15 is 0 Å². The molecule has 0 atom stereocenters. The van der Waals surface area contributed by atoms with Crippen LogP contribution in [0, 0.1) is 0 Å². The molecule has 0 bridgehead atoms. The van der Waals surface area contributed by atoms with Gasteiger partial charge in [-0.05, 0) is 11.3 Å². The van der Waals surface area contributed by atoms with Crippen LogP contribution in [0.25, 0.3) is 0 Å². The fourth-order valence-electron chi connectivity index (χ4n) is 1.07. The molecule has 0 spiro atoms. The number of aromatic carboxylic acids is 1. The number of hydrogen-bond acceptors (Lipinski definition) is 2. The molecule has 1 N–H and O–H groups in total. The van der Waals surface area contributed by atoms with Gasteiger partial charge in [-0.3, -0.25) is 0 Å². The first-order valence-electron chi connectivity index (χ1n) is 3.74. The van der Waals surface area contributed by atoms with Crippen molar-refractivity contribution in [3.05, 3.63) is 18.1 Å². The largest absolute Gasteiger partial charge is 0.475 e. The lowest BCUT2D eigenvalue weighted by molar-refractivity contribution is 0.0664. The number of carboxylic acids is 1. The number of hydrogen-bond donors (Lipinski definition) is 1. The van der Waals surface area contributed by atoms with E-state index in [1.165, 1.54) is 6.26 Å². The molecule has 0 unspecified atom stereocenters. The number of furan rings is 1. The van der Waals surface area contributed by atoms with Crippen molar-refractivity contribution in [3.8, 4) is 0 Å². The molecule has 0 radical (unpaired) electrons. The topological polar surface area (TPSA) is 50.4 Å². The summed E-state index contributed by atoms with van der Waals surface area (Å²) in [6.07, 6.45) is 1.44. The molecular weight excluding hydrogens is 172 g/mol. The van der Waals surface area contributed by atoms with Crippen molar-refractivity contribution < 1.29 is 14.3 Å². The molecule has 1 heterocycles. The van der Waals surface area contributed by atoms with Gasteiger partial charge in [0.15, 0.2) is 0 Å². The Morgan fingerprint density at radius 1 is 1.50 bits per heavy atom. The Kier molecular flexibility index (Phi) is 2.10. The van der Waals surface area contributed by atoms with Crippen molar-refractivity contribution in [2.24, 2.45) is 0 Å². The van der Waals surface area contributed by atoms with E-state index < -0.39 is 14.0 Å². The summed E-state index contributed by atoms with van der Waals surface area (Å²) in [6, 6.07) is 1.76. The van der Waals surface area contributed by atoms with E-state index in [4.69, 9.17) is 9.52 Å². The summed E-state index contributed by atoms with van der Waals surface area (Å²) in [4.78, 5) is 10.7. The SMILES string of the molecule is C[Si](C)(C)c1ccoc1C(=O)O. The number of carboxylic acid groups (broad SMARTS) is 1. The van der Waals surface area contributed by atoms with Crippen LogP contribution < -0.4 is 5.19 Å². The highest BCUT2D eigenvalue weighted by Crippen LogP contribution is 2.07. The molecule has 0 saturated heterocycles. The van der Waals surface area contributed by atoms with Crippen LogP contribution in [0.5, 0.6) is 0 Å². The van der Waals surface area contributed by atoms with E-state index in [-0.39, 0.29) is 5.76 Å². The highest BCUT2D eigenvalue weighted by atomic mass is 28.3. The van der Waals surface area contributed by atoms with Gasteiger partial charge in [-0.2, -0.15) is 0 Å². The minimum Gasteiger partial charge on any atom is -0.475 e. The van der Waals surface area contributed by atoms with Crippen molar-refractivity contribution in [1.82, 2.24) is 0 Å². The molecule has 0 aliphatic rings. The van der Waals surface area contributed by atoms with Gasteiger partial charge in [-0.25, -0.2) is 4.79 Å². The highest BCUT2D eigenvalue weighted by Gasteiger charge is 2.25. The molecule has 4 heteroatoms. The minimum atomic E-state index is -1.56. The van der Waals surface area contributed by atoms with Crippen LogP contribution in [0.2, 0.25) is 19.6 Å². The fourth-order valence-corrected chi connectivity index (χ4v) is 2.48. The molecule has 0 fully saturated rings. The van der Waals surface area contributed by atoms with Crippen molar-refractivity contribution >= 4 is 19.2 Å². The maximum absolute atomic E-state index is 10.7. The van der Waals surface area contributed by atoms with Gasteiger partial charge in [0.2, 0.25) is 5.76 Å². The zero-order valence-electron chi connectivity index (χ0n) is 7.42. The van der Waals surface area contributed by atoms with E-state index in [0.717, 1.165) is 5.19 Å². The standard InChI is InChI=1S/C8H12O3Si/c1-12(2,3)6-4-5-11-7(6)8(9)10/h4-5H,1-3H3,(H,9,10). The third-order valence-corrected chi connectivity index (χ3v) is 3.68. The van der Waals surface area contributed by atoms with Gasteiger partial charge in [-0.15, -0.1) is 0 Å². The van der Waals surface area contributed by atoms with Crippen LogP contribution in [-0.4, -0.2) is 19.1 Å².